The number of ether oxygens (including phenoxy) is 1. The fourth-order valence-corrected chi connectivity index (χ4v) is 3.62. The van der Waals surface area contributed by atoms with Gasteiger partial charge in [-0.05, 0) is 17.4 Å². The molecule has 1 saturated heterocycles. The second-order valence-corrected chi connectivity index (χ2v) is 6.96. The van der Waals surface area contributed by atoms with Crippen LogP contribution in [-0.2, 0) is 14.3 Å². The summed E-state index contributed by atoms with van der Waals surface area (Å²) in [5, 5.41) is 5.14. The molecule has 1 aromatic heterocycles. The van der Waals surface area contributed by atoms with Gasteiger partial charge in [-0.25, -0.2) is 0 Å². The molecule has 2 rings (SSSR count). The summed E-state index contributed by atoms with van der Waals surface area (Å²) in [7, 11) is 1.61. The molecule has 5 nitrogen and oxygen atoms in total. The van der Waals surface area contributed by atoms with E-state index in [9.17, 15) is 9.59 Å². The molecule has 1 aliphatic rings. The van der Waals surface area contributed by atoms with Crippen molar-refractivity contribution < 1.29 is 14.3 Å². The molecule has 2 amide bonds. The summed E-state index contributed by atoms with van der Waals surface area (Å²) in [5.74, 6) is 0.0599. The summed E-state index contributed by atoms with van der Waals surface area (Å²) < 4.78 is 5.00. The van der Waals surface area contributed by atoms with Gasteiger partial charge in [0.05, 0.1) is 18.6 Å². The average Bonchev–Trinajstić information content (AvgIpc) is 3.11. The second kappa shape index (κ2) is 7.74. The molecule has 6 heteroatoms. The fourth-order valence-electron chi connectivity index (χ4n) is 2.67. The normalized spacial score (nSPS) is 19.7. The molecule has 2 heterocycles. The molecule has 1 aromatic rings. The van der Waals surface area contributed by atoms with Gasteiger partial charge in [-0.2, -0.15) is 0 Å². The molecule has 0 bridgehead atoms. The SMILES string of the molecule is COCCN1C[C@H](C(=O)N[C@H](c2cccs2)C(C)C)CC1=O. The maximum Gasteiger partial charge on any atom is 0.225 e. The molecular formula is C16H24N2O3S. The van der Waals surface area contributed by atoms with Crippen molar-refractivity contribution in [2.45, 2.75) is 26.3 Å². The Balaban J connectivity index is 1.95. The summed E-state index contributed by atoms with van der Waals surface area (Å²) in [6.45, 7) is 5.73. The molecule has 0 saturated carbocycles. The summed E-state index contributed by atoms with van der Waals surface area (Å²) in [6, 6.07) is 4.04. The van der Waals surface area contributed by atoms with Crippen LogP contribution in [0, 0.1) is 11.8 Å². The van der Waals surface area contributed by atoms with Gasteiger partial charge < -0.3 is 15.0 Å². The predicted molar refractivity (Wildman–Crippen MR) is 86.6 cm³/mol. The van der Waals surface area contributed by atoms with Gasteiger partial charge in [0.1, 0.15) is 0 Å². The largest absolute Gasteiger partial charge is 0.383 e. The first kappa shape index (κ1) is 17.0. The molecule has 0 unspecified atom stereocenters. The van der Waals surface area contributed by atoms with E-state index >= 15 is 0 Å². The Labute approximate surface area is 135 Å². The lowest BCUT2D eigenvalue weighted by Crippen LogP contribution is -2.37. The van der Waals surface area contributed by atoms with Crippen LogP contribution in [0.4, 0.5) is 0 Å². The summed E-state index contributed by atoms with van der Waals surface area (Å²) in [6.07, 6.45) is 0.296. The highest BCUT2D eigenvalue weighted by molar-refractivity contribution is 7.10. The van der Waals surface area contributed by atoms with E-state index in [2.05, 4.69) is 19.2 Å². The monoisotopic (exact) mass is 324 g/mol. The number of thiophene rings is 1. The van der Waals surface area contributed by atoms with Crippen molar-refractivity contribution in [3.8, 4) is 0 Å². The van der Waals surface area contributed by atoms with Crippen molar-refractivity contribution in [2.75, 3.05) is 26.8 Å². The van der Waals surface area contributed by atoms with Gasteiger partial charge in [-0.15, -0.1) is 11.3 Å². The molecule has 22 heavy (non-hydrogen) atoms. The maximum atomic E-state index is 12.5. The van der Waals surface area contributed by atoms with E-state index in [1.165, 1.54) is 0 Å². The summed E-state index contributed by atoms with van der Waals surface area (Å²) in [5.41, 5.74) is 0. The molecule has 1 N–H and O–H groups in total. The van der Waals surface area contributed by atoms with Crippen LogP contribution < -0.4 is 5.32 Å². The van der Waals surface area contributed by atoms with Crippen molar-refractivity contribution in [1.82, 2.24) is 10.2 Å². The van der Waals surface area contributed by atoms with E-state index in [1.54, 1.807) is 23.3 Å². The zero-order valence-electron chi connectivity index (χ0n) is 13.4. The van der Waals surface area contributed by atoms with Gasteiger partial charge in [0.2, 0.25) is 11.8 Å². The molecule has 1 fully saturated rings. The third kappa shape index (κ3) is 4.08. The molecule has 2 atom stereocenters. The van der Waals surface area contributed by atoms with Crippen LogP contribution in [0.3, 0.4) is 0 Å². The first-order valence-corrected chi connectivity index (χ1v) is 8.51. The number of carbonyl (C=O) groups excluding carboxylic acids is 2. The molecule has 0 aromatic carbocycles. The maximum absolute atomic E-state index is 12.5. The zero-order chi connectivity index (χ0) is 16.1. The molecule has 0 aliphatic carbocycles. The van der Waals surface area contributed by atoms with Crippen LogP contribution >= 0.6 is 11.3 Å². The van der Waals surface area contributed by atoms with Crippen molar-refractivity contribution in [3.05, 3.63) is 22.4 Å². The third-order valence-electron chi connectivity index (χ3n) is 3.96. The van der Waals surface area contributed by atoms with Gasteiger partial charge in [0, 0.05) is 31.5 Å². The number of nitrogens with one attached hydrogen (secondary N) is 1. The minimum Gasteiger partial charge on any atom is -0.383 e. The number of carbonyl (C=O) groups is 2. The van der Waals surface area contributed by atoms with Gasteiger partial charge in [0.25, 0.3) is 0 Å². The van der Waals surface area contributed by atoms with Crippen molar-refractivity contribution in [2.24, 2.45) is 11.8 Å². The lowest BCUT2D eigenvalue weighted by Gasteiger charge is -2.23. The van der Waals surface area contributed by atoms with Crippen LogP contribution in [0.25, 0.3) is 0 Å². The Hall–Kier alpha value is -1.40. The molecule has 0 radical (unpaired) electrons. The van der Waals surface area contributed by atoms with E-state index in [0.29, 0.717) is 32.0 Å². The first-order valence-electron chi connectivity index (χ1n) is 7.63. The van der Waals surface area contributed by atoms with Crippen LogP contribution in [-0.4, -0.2) is 43.5 Å². The number of nitrogens with zero attached hydrogens (tertiary/aromatic N) is 1. The Bertz CT molecular complexity index is 501. The van der Waals surface area contributed by atoms with Crippen molar-refractivity contribution >= 4 is 23.2 Å². The topological polar surface area (TPSA) is 58.6 Å². The number of methoxy groups -OCH3 is 1. The van der Waals surface area contributed by atoms with Gasteiger partial charge in [-0.3, -0.25) is 9.59 Å². The standard InChI is InChI=1S/C16H24N2O3S/c1-11(2)15(13-5-4-8-22-13)17-16(20)12-9-14(19)18(10-12)6-7-21-3/h4-5,8,11-12,15H,6-7,9-10H2,1-3H3,(H,17,20)/t12-,15+/m1/s1. The van der Waals surface area contributed by atoms with Crippen LogP contribution in [0.15, 0.2) is 17.5 Å². The first-order chi connectivity index (χ1) is 10.5. The summed E-state index contributed by atoms with van der Waals surface area (Å²) in [4.78, 5) is 27.3. The Morgan fingerprint density at radius 2 is 2.32 bits per heavy atom. The summed E-state index contributed by atoms with van der Waals surface area (Å²) >= 11 is 1.65. The van der Waals surface area contributed by atoms with Crippen molar-refractivity contribution in [1.29, 1.82) is 0 Å². The second-order valence-electron chi connectivity index (χ2n) is 5.98. The van der Waals surface area contributed by atoms with Gasteiger partial charge in [0.15, 0.2) is 0 Å². The number of hydrogen-bond donors (Lipinski definition) is 1. The lowest BCUT2D eigenvalue weighted by atomic mass is 10.0. The van der Waals surface area contributed by atoms with Crippen LogP contribution in [0.5, 0.6) is 0 Å². The quantitative estimate of drug-likeness (QED) is 0.835. The number of amides is 2. The van der Waals surface area contributed by atoms with E-state index in [0.717, 1.165) is 4.88 Å². The molecular weight excluding hydrogens is 300 g/mol. The molecule has 1 aliphatic heterocycles. The average molecular weight is 324 g/mol. The van der Waals surface area contributed by atoms with E-state index in [-0.39, 0.29) is 23.8 Å². The molecule has 122 valence electrons. The van der Waals surface area contributed by atoms with E-state index < -0.39 is 0 Å². The van der Waals surface area contributed by atoms with Gasteiger partial charge >= 0.3 is 0 Å². The highest BCUT2D eigenvalue weighted by atomic mass is 32.1. The smallest absolute Gasteiger partial charge is 0.225 e. The number of likely N-dealkylation sites (tertiary alicyclic amines) is 1. The Kier molecular flexibility index (Phi) is 5.97. The minimum atomic E-state index is -0.259. The third-order valence-corrected chi connectivity index (χ3v) is 4.92. The molecule has 0 spiro atoms. The Morgan fingerprint density at radius 3 is 2.91 bits per heavy atom. The van der Waals surface area contributed by atoms with E-state index in [4.69, 9.17) is 4.74 Å². The van der Waals surface area contributed by atoms with E-state index in [1.807, 2.05) is 17.5 Å². The van der Waals surface area contributed by atoms with Crippen LogP contribution in [0.2, 0.25) is 0 Å². The lowest BCUT2D eigenvalue weighted by molar-refractivity contribution is -0.129. The number of hydrogen-bond acceptors (Lipinski definition) is 4. The predicted octanol–water partition coefficient (Wildman–Crippen LogP) is 2.06. The highest BCUT2D eigenvalue weighted by Gasteiger charge is 2.35. The minimum absolute atomic E-state index is 0.00984. The zero-order valence-corrected chi connectivity index (χ0v) is 14.2. The van der Waals surface area contributed by atoms with Gasteiger partial charge in [-0.1, -0.05) is 19.9 Å². The number of rotatable bonds is 7. The fraction of sp³-hybridized carbons (Fsp3) is 0.625. The van der Waals surface area contributed by atoms with Crippen molar-refractivity contribution in [3.63, 3.8) is 0 Å². The Morgan fingerprint density at radius 1 is 1.55 bits per heavy atom. The van der Waals surface area contributed by atoms with Crippen LogP contribution in [0.1, 0.15) is 31.2 Å². The highest BCUT2D eigenvalue weighted by Crippen LogP contribution is 2.27.